The largest absolute Gasteiger partial charge is 0.383 e. The Kier molecular flexibility index (Phi) is 6.25. The molecule has 1 atom stereocenters. The summed E-state index contributed by atoms with van der Waals surface area (Å²) in [6.45, 7) is 11.0. The van der Waals surface area contributed by atoms with Crippen molar-refractivity contribution in [3.8, 4) is 6.07 Å². The number of nitrogens with one attached hydrogen (secondary N) is 1. The summed E-state index contributed by atoms with van der Waals surface area (Å²) in [5.74, 6) is 0.503. The summed E-state index contributed by atoms with van der Waals surface area (Å²) in [5.41, 5.74) is -0.397. The first-order valence-electron chi connectivity index (χ1n) is 7.37. The molecule has 1 aliphatic carbocycles. The van der Waals surface area contributed by atoms with Crippen molar-refractivity contribution in [3.05, 3.63) is 0 Å². The van der Waals surface area contributed by atoms with Crippen molar-refractivity contribution in [1.29, 1.82) is 5.26 Å². The van der Waals surface area contributed by atoms with Crippen LogP contribution in [0.5, 0.6) is 0 Å². The Morgan fingerprint density at radius 2 is 2.00 bits per heavy atom. The van der Waals surface area contributed by atoms with Crippen LogP contribution in [0.1, 0.15) is 40.5 Å². The molecule has 1 rings (SSSR count). The third-order valence-electron chi connectivity index (χ3n) is 3.79. The van der Waals surface area contributed by atoms with Gasteiger partial charge in [0.05, 0.1) is 12.7 Å². The maximum Gasteiger partial charge on any atom is 0.122 e. The van der Waals surface area contributed by atoms with Crippen molar-refractivity contribution in [2.45, 2.75) is 58.2 Å². The Balaban J connectivity index is 2.76. The topological polar surface area (TPSA) is 48.3 Å². The molecule has 4 nitrogen and oxygen atoms in total. The van der Waals surface area contributed by atoms with Gasteiger partial charge in [-0.25, -0.2) is 0 Å². The fraction of sp³-hybridized carbons (Fsp3) is 0.933. The summed E-state index contributed by atoms with van der Waals surface area (Å²) in [4.78, 5) is 2.35. The van der Waals surface area contributed by atoms with Crippen molar-refractivity contribution in [1.82, 2.24) is 10.2 Å². The Morgan fingerprint density at radius 3 is 2.37 bits per heavy atom. The molecular weight excluding hydrogens is 238 g/mol. The van der Waals surface area contributed by atoms with E-state index in [1.807, 2.05) is 0 Å². The monoisotopic (exact) mass is 267 g/mol. The smallest absolute Gasteiger partial charge is 0.122 e. The first kappa shape index (κ1) is 16.4. The van der Waals surface area contributed by atoms with Crippen LogP contribution in [-0.2, 0) is 4.74 Å². The van der Waals surface area contributed by atoms with Gasteiger partial charge >= 0.3 is 0 Å². The summed E-state index contributed by atoms with van der Waals surface area (Å²) in [7, 11) is 1.73. The van der Waals surface area contributed by atoms with E-state index in [0.717, 1.165) is 13.1 Å². The van der Waals surface area contributed by atoms with E-state index in [1.165, 1.54) is 12.8 Å². The molecule has 19 heavy (non-hydrogen) atoms. The number of ether oxygens (including phenoxy) is 1. The van der Waals surface area contributed by atoms with E-state index in [9.17, 15) is 5.26 Å². The molecule has 0 aromatic carbocycles. The van der Waals surface area contributed by atoms with Crippen LogP contribution >= 0.6 is 0 Å². The molecule has 0 spiro atoms. The number of hydrogen-bond acceptors (Lipinski definition) is 4. The fourth-order valence-corrected chi connectivity index (χ4v) is 2.59. The summed E-state index contributed by atoms with van der Waals surface area (Å²) < 4.78 is 5.18. The van der Waals surface area contributed by atoms with Crippen LogP contribution in [0.2, 0.25) is 0 Å². The number of hydrogen-bond donors (Lipinski definition) is 1. The minimum absolute atomic E-state index is 0.330. The van der Waals surface area contributed by atoms with E-state index in [0.29, 0.717) is 24.6 Å². The first-order chi connectivity index (χ1) is 8.95. The van der Waals surface area contributed by atoms with Gasteiger partial charge in [0.15, 0.2) is 0 Å². The van der Waals surface area contributed by atoms with Crippen molar-refractivity contribution >= 4 is 0 Å². The van der Waals surface area contributed by atoms with Gasteiger partial charge in [-0.2, -0.15) is 5.26 Å². The lowest BCUT2D eigenvalue weighted by Gasteiger charge is -2.37. The predicted molar refractivity (Wildman–Crippen MR) is 77.9 cm³/mol. The van der Waals surface area contributed by atoms with Gasteiger partial charge in [0.1, 0.15) is 5.54 Å². The molecule has 0 amide bonds. The third kappa shape index (κ3) is 4.76. The van der Waals surface area contributed by atoms with Gasteiger partial charge in [-0.1, -0.05) is 0 Å². The second-order valence-electron chi connectivity index (χ2n) is 6.21. The van der Waals surface area contributed by atoms with E-state index in [4.69, 9.17) is 4.74 Å². The number of nitriles is 1. The fourth-order valence-electron chi connectivity index (χ4n) is 2.59. The van der Waals surface area contributed by atoms with Crippen LogP contribution in [0.4, 0.5) is 0 Å². The Bertz CT molecular complexity index is 307. The minimum Gasteiger partial charge on any atom is -0.383 e. The maximum absolute atomic E-state index is 9.72. The highest BCUT2D eigenvalue weighted by Gasteiger charge is 2.47. The van der Waals surface area contributed by atoms with Gasteiger partial charge in [0, 0.05) is 32.3 Å². The van der Waals surface area contributed by atoms with E-state index < -0.39 is 5.54 Å². The van der Waals surface area contributed by atoms with Crippen LogP contribution in [0.3, 0.4) is 0 Å². The van der Waals surface area contributed by atoms with Gasteiger partial charge in [0.2, 0.25) is 0 Å². The van der Waals surface area contributed by atoms with E-state index in [2.05, 4.69) is 44.0 Å². The normalized spacial score (nSPS) is 18.9. The van der Waals surface area contributed by atoms with Crippen LogP contribution in [0.15, 0.2) is 0 Å². The molecular formula is C15H29N3O. The van der Waals surface area contributed by atoms with Crippen molar-refractivity contribution < 1.29 is 4.74 Å². The van der Waals surface area contributed by atoms with Crippen molar-refractivity contribution in [2.24, 2.45) is 5.92 Å². The standard InChI is InChI=1S/C15H29N3O/c1-12(2)17-15(10-16,14-6-7-14)11-18(13(3)4)8-9-19-5/h12-14,17H,6-9,11H2,1-5H3. The highest BCUT2D eigenvalue weighted by molar-refractivity contribution is 5.17. The lowest BCUT2D eigenvalue weighted by molar-refractivity contribution is 0.104. The SMILES string of the molecule is COCCN(CC(C#N)(NC(C)C)C1CC1)C(C)C. The quantitative estimate of drug-likeness (QED) is 0.694. The average Bonchev–Trinajstić information content (AvgIpc) is 3.16. The molecule has 0 heterocycles. The molecule has 0 aromatic heterocycles. The second kappa shape index (κ2) is 7.23. The minimum atomic E-state index is -0.397. The van der Waals surface area contributed by atoms with E-state index in [1.54, 1.807) is 7.11 Å². The van der Waals surface area contributed by atoms with E-state index >= 15 is 0 Å². The Morgan fingerprint density at radius 1 is 1.37 bits per heavy atom. The van der Waals surface area contributed by atoms with Gasteiger partial charge in [-0.3, -0.25) is 10.2 Å². The van der Waals surface area contributed by atoms with Crippen LogP contribution in [0, 0.1) is 17.2 Å². The van der Waals surface area contributed by atoms with Crippen LogP contribution in [0.25, 0.3) is 0 Å². The number of nitrogens with zero attached hydrogens (tertiary/aromatic N) is 2. The molecule has 0 aromatic rings. The zero-order chi connectivity index (χ0) is 14.5. The van der Waals surface area contributed by atoms with Gasteiger partial charge < -0.3 is 4.74 Å². The highest BCUT2D eigenvalue weighted by Crippen LogP contribution is 2.40. The molecule has 1 fully saturated rings. The number of rotatable bonds is 9. The second-order valence-corrected chi connectivity index (χ2v) is 6.21. The molecule has 0 bridgehead atoms. The van der Waals surface area contributed by atoms with E-state index in [-0.39, 0.29) is 0 Å². The highest BCUT2D eigenvalue weighted by atomic mass is 16.5. The molecule has 4 heteroatoms. The zero-order valence-corrected chi connectivity index (χ0v) is 13.1. The zero-order valence-electron chi connectivity index (χ0n) is 13.1. The first-order valence-corrected chi connectivity index (χ1v) is 7.37. The average molecular weight is 267 g/mol. The molecule has 0 radical (unpaired) electrons. The summed E-state index contributed by atoms with van der Waals surface area (Å²) in [6, 6.07) is 3.33. The molecule has 0 aliphatic heterocycles. The van der Waals surface area contributed by atoms with Gasteiger partial charge in [-0.05, 0) is 46.5 Å². The van der Waals surface area contributed by atoms with Gasteiger partial charge in [-0.15, -0.1) is 0 Å². The molecule has 1 unspecified atom stereocenters. The molecule has 110 valence electrons. The number of methoxy groups -OCH3 is 1. The summed E-state index contributed by atoms with van der Waals surface area (Å²) in [5, 5.41) is 13.2. The van der Waals surface area contributed by atoms with Gasteiger partial charge in [0.25, 0.3) is 0 Å². The molecule has 1 saturated carbocycles. The van der Waals surface area contributed by atoms with Crippen molar-refractivity contribution in [3.63, 3.8) is 0 Å². The molecule has 0 saturated heterocycles. The molecule has 1 aliphatic rings. The van der Waals surface area contributed by atoms with Crippen LogP contribution < -0.4 is 5.32 Å². The van der Waals surface area contributed by atoms with Crippen LogP contribution in [-0.4, -0.2) is 49.3 Å². The molecule has 1 N–H and O–H groups in total. The summed E-state index contributed by atoms with van der Waals surface area (Å²) >= 11 is 0. The Labute approximate surface area is 118 Å². The maximum atomic E-state index is 9.72. The van der Waals surface area contributed by atoms with Crippen molar-refractivity contribution in [2.75, 3.05) is 26.8 Å². The predicted octanol–water partition coefficient (Wildman–Crippen LogP) is 2.01. The lowest BCUT2D eigenvalue weighted by atomic mass is 9.92. The third-order valence-corrected chi connectivity index (χ3v) is 3.79. The summed E-state index contributed by atoms with van der Waals surface area (Å²) in [6.07, 6.45) is 2.34. The lowest BCUT2D eigenvalue weighted by Crippen LogP contribution is -2.58. The Hall–Kier alpha value is -0.630.